The fraction of sp³-hybridized carbons (Fsp3) is 0.913. The van der Waals surface area contributed by atoms with Crippen LogP contribution in [-0.4, -0.2) is 83.5 Å². The van der Waals surface area contributed by atoms with E-state index in [0.29, 0.717) is 30.7 Å². The topological polar surface area (TPSA) is 66.5 Å². The quantitative estimate of drug-likeness (QED) is 0.596. The van der Waals surface area contributed by atoms with Crippen molar-refractivity contribution in [2.24, 2.45) is 10.8 Å². The van der Waals surface area contributed by atoms with Gasteiger partial charge in [-0.2, -0.15) is 18.3 Å². The molecular formula is C23H34F3N5O2. The SMILES string of the molecule is FC(F)(F)C1(COC2CCN(COCN3CC4(CC(c5n[nH]c(C6CC6)n5)C4)C3)CC2)CC1. The lowest BCUT2D eigenvalue weighted by atomic mass is 9.57. The fourth-order valence-electron chi connectivity index (χ4n) is 5.87. The number of alkyl halides is 3. The van der Waals surface area contributed by atoms with Gasteiger partial charge >= 0.3 is 6.18 Å². The smallest absolute Gasteiger partial charge is 0.377 e. The lowest BCUT2D eigenvalue weighted by molar-refractivity contribution is -0.207. The average Bonchev–Trinajstić information content (AvgIpc) is 3.66. The minimum Gasteiger partial charge on any atom is -0.377 e. The molecule has 0 bridgehead atoms. The van der Waals surface area contributed by atoms with Crippen molar-refractivity contribution >= 4 is 0 Å². The number of aromatic amines is 1. The highest BCUT2D eigenvalue weighted by Gasteiger charge is 2.63. The van der Waals surface area contributed by atoms with Crippen molar-refractivity contribution < 1.29 is 22.6 Å². The van der Waals surface area contributed by atoms with E-state index in [1.165, 1.54) is 25.7 Å². The second-order valence-corrected chi connectivity index (χ2v) is 11.3. The molecule has 1 aromatic rings. The van der Waals surface area contributed by atoms with Crippen molar-refractivity contribution in [1.82, 2.24) is 25.0 Å². The highest BCUT2D eigenvalue weighted by Crippen LogP contribution is 2.58. The Hall–Kier alpha value is -1.23. The fourth-order valence-corrected chi connectivity index (χ4v) is 5.87. The number of halogens is 3. The van der Waals surface area contributed by atoms with E-state index < -0.39 is 11.6 Å². The summed E-state index contributed by atoms with van der Waals surface area (Å²) in [6.07, 6.45) is 2.61. The van der Waals surface area contributed by atoms with Gasteiger partial charge in [0.1, 0.15) is 19.3 Å². The zero-order chi connectivity index (χ0) is 22.7. The summed E-state index contributed by atoms with van der Waals surface area (Å²) in [4.78, 5) is 9.29. The normalized spacial score (nSPS) is 28.1. The van der Waals surface area contributed by atoms with Crippen molar-refractivity contribution in [2.75, 3.05) is 46.2 Å². The van der Waals surface area contributed by atoms with Gasteiger partial charge in [-0.25, -0.2) is 4.98 Å². The number of nitrogens with zero attached hydrogens (tertiary/aromatic N) is 4. The third-order valence-corrected chi connectivity index (χ3v) is 8.46. The van der Waals surface area contributed by atoms with Crippen LogP contribution in [0.5, 0.6) is 0 Å². The molecule has 0 atom stereocenters. The zero-order valence-corrected chi connectivity index (χ0v) is 19.1. The molecule has 7 nitrogen and oxygen atoms in total. The lowest BCUT2D eigenvalue weighted by Crippen LogP contribution is -2.62. The van der Waals surface area contributed by atoms with Crippen LogP contribution in [0.15, 0.2) is 0 Å². The van der Waals surface area contributed by atoms with E-state index >= 15 is 0 Å². The molecule has 3 aliphatic carbocycles. The molecule has 0 amide bonds. The van der Waals surface area contributed by atoms with Crippen LogP contribution in [0, 0.1) is 10.8 Å². The summed E-state index contributed by atoms with van der Waals surface area (Å²) in [6, 6.07) is 0. The molecular weight excluding hydrogens is 435 g/mol. The molecule has 33 heavy (non-hydrogen) atoms. The summed E-state index contributed by atoms with van der Waals surface area (Å²) in [5, 5.41) is 7.57. The van der Waals surface area contributed by atoms with E-state index in [9.17, 15) is 13.2 Å². The molecule has 0 unspecified atom stereocenters. The molecule has 2 aliphatic heterocycles. The van der Waals surface area contributed by atoms with Crippen LogP contribution in [0.25, 0.3) is 0 Å². The molecule has 0 aromatic carbocycles. The monoisotopic (exact) mass is 469 g/mol. The van der Waals surface area contributed by atoms with Gasteiger partial charge in [0, 0.05) is 38.0 Å². The maximum absolute atomic E-state index is 13.0. The third kappa shape index (κ3) is 4.56. The first-order chi connectivity index (χ1) is 15.8. The molecule has 5 aliphatic rings. The highest BCUT2D eigenvalue weighted by molar-refractivity contribution is 5.15. The van der Waals surface area contributed by atoms with Gasteiger partial charge in [-0.15, -0.1) is 0 Å². The molecule has 10 heteroatoms. The Kier molecular flexibility index (Phi) is 5.51. The standard InChI is InChI=1S/C23H34F3N5O2/c24-23(25,26)22(5-6-22)13-33-18-3-7-30(8-4-18)14-32-15-31-11-21(12-31)9-17(10-21)20-27-19(28-29-20)16-1-2-16/h16-18H,1-15H2,(H,27,28,29). The van der Waals surface area contributed by atoms with E-state index in [2.05, 4.69) is 20.0 Å². The maximum Gasteiger partial charge on any atom is 0.396 e. The lowest BCUT2D eigenvalue weighted by Gasteiger charge is -2.58. The Bertz CT molecular complexity index is 831. The van der Waals surface area contributed by atoms with E-state index in [-0.39, 0.29) is 25.6 Å². The number of piperidine rings is 1. The van der Waals surface area contributed by atoms with Crippen molar-refractivity contribution in [1.29, 1.82) is 0 Å². The van der Waals surface area contributed by atoms with E-state index in [1.807, 2.05) is 0 Å². The van der Waals surface area contributed by atoms with Gasteiger partial charge in [-0.3, -0.25) is 14.9 Å². The summed E-state index contributed by atoms with van der Waals surface area (Å²) < 4.78 is 50.7. The van der Waals surface area contributed by atoms with Crippen LogP contribution >= 0.6 is 0 Å². The molecule has 3 saturated carbocycles. The van der Waals surface area contributed by atoms with Crippen molar-refractivity contribution in [2.45, 2.75) is 75.5 Å². The van der Waals surface area contributed by atoms with Gasteiger partial charge < -0.3 is 9.47 Å². The third-order valence-electron chi connectivity index (χ3n) is 8.46. The predicted molar refractivity (Wildman–Crippen MR) is 113 cm³/mol. The number of hydrogen-bond donors (Lipinski definition) is 1. The Labute approximate surface area is 192 Å². The van der Waals surface area contributed by atoms with Crippen LogP contribution in [0.2, 0.25) is 0 Å². The molecule has 1 spiro atoms. The van der Waals surface area contributed by atoms with Gasteiger partial charge in [0.05, 0.1) is 18.1 Å². The molecule has 184 valence electrons. The number of rotatable bonds is 9. The molecule has 0 radical (unpaired) electrons. The minimum absolute atomic E-state index is 0.0627. The zero-order valence-electron chi connectivity index (χ0n) is 19.1. The second-order valence-electron chi connectivity index (χ2n) is 11.3. The van der Waals surface area contributed by atoms with Gasteiger partial charge in [0.15, 0.2) is 5.82 Å². The Morgan fingerprint density at radius 1 is 0.970 bits per heavy atom. The molecule has 3 heterocycles. The number of ether oxygens (including phenoxy) is 2. The van der Waals surface area contributed by atoms with E-state index in [1.54, 1.807) is 0 Å². The van der Waals surface area contributed by atoms with Crippen molar-refractivity contribution in [3.8, 4) is 0 Å². The predicted octanol–water partition coefficient (Wildman–Crippen LogP) is 3.62. The number of hydrogen-bond acceptors (Lipinski definition) is 6. The molecule has 5 fully saturated rings. The molecule has 1 N–H and O–H groups in total. The van der Waals surface area contributed by atoms with E-state index in [0.717, 1.165) is 50.7 Å². The summed E-state index contributed by atoms with van der Waals surface area (Å²) in [6.45, 7) is 4.84. The van der Waals surface area contributed by atoms with Crippen LogP contribution in [0.3, 0.4) is 0 Å². The van der Waals surface area contributed by atoms with Gasteiger partial charge in [0.25, 0.3) is 0 Å². The van der Waals surface area contributed by atoms with Gasteiger partial charge in [-0.05, 0) is 56.8 Å². The maximum atomic E-state index is 13.0. The summed E-state index contributed by atoms with van der Waals surface area (Å²) >= 11 is 0. The summed E-state index contributed by atoms with van der Waals surface area (Å²) in [5.41, 5.74) is -1.13. The Balaban J connectivity index is 0.834. The van der Waals surface area contributed by atoms with E-state index in [4.69, 9.17) is 14.5 Å². The van der Waals surface area contributed by atoms with Crippen LogP contribution < -0.4 is 0 Å². The summed E-state index contributed by atoms with van der Waals surface area (Å²) in [7, 11) is 0. The first-order valence-electron chi connectivity index (χ1n) is 12.5. The Morgan fingerprint density at radius 2 is 1.67 bits per heavy atom. The van der Waals surface area contributed by atoms with Gasteiger partial charge in [0.2, 0.25) is 0 Å². The first kappa shape index (κ1) is 22.2. The van der Waals surface area contributed by atoms with Crippen molar-refractivity contribution in [3.05, 3.63) is 11.6 Å². The second kappa shape index (κ2) is 8.17. The van der Waals surface area contributed by atoms with Crippen LogP contribution in [0.1, 0.15) is 74.9 Å². The van der Waals surface area contributed by atoms with Crippen LogP contribution in [-0.2, 0) is 9.47 Å². The van der Waals surface area contributed by atoms with Crippen LogP contribution in [0.4, 0.5) is 13.2 Å². The van der Waals surface area contributed by atoms with Gasteiger partial charge in [-0.1, -0.05) is 0 Å². The number of nitrogens with one attached hydrogen (secondary N) is 1. The number of H-pyrrole nitrogens is 1. The number of likely N-dealkylation sites (tertiary alicyclic amines) is 2. The highest BCUT2D eigenvalue weighted by atomic mass is 19.4. The largest absolute Gasteiger partial charge is 0.396 e. The molecule has 1 aromatic heterocycles. The number of aromatic nitrogens is 3. The van der Waals surface area contributed by atoms with Crippen molar-refractivity contribution in [3.63, 3.8) is 0 Å². The Morgan fingerprint density at radius 3 is 2.30 bits per heavy atom. The first-order valence-corrected chi connectivity index (χ1v) is 12.5. The minimum atomic E-state index is -4.13. The molecule has 6 rings (SSSR count). The average molecular weight is 470 g/mol. The molecule has 2 saturated heterocycles. The summed E-state index contributed by atoms with van der Waals surface area (Å²) in [5.74, 6) is 3.22.